The first-order valence-corrected chi connectivity index (χ1v) is 6.93. The third kappa shape index (κ3) is 3.32. The van der Waals surface area contributed by atoms with Crippen molar-refractivity contribution < 1.29 is 4.79 Å². The van der Waals surface area contributed by atoms with Gasteiger partial charge >= 0.3 is 0 Å². The minimum absolute atomic E-state index is 0.220. The largest absolute Gasteiger partial charge is 0.399 e. The van der Waals surface area contributed by atoms with Crippen LogP contribution in [0.15, 0.2) is 67.1 Å². The molecule has 1 aromatic heterocycles. The number of amides is 1. The molecule has 0 atom stereocenters. The van der Waals surface area contributed by atoms with Gasteiger partial charge in [-0.05, 0) is 29.8 Å². The van der Waals surface area contributed by atoms with Crippen LogP contribution in [0, 0.1) is 0 Å². The molecule has 1 amide bonds. The molecule has 0 unspecified atom stereocenters. The van der Waals surface area contributed by atoms with Gasteiger partial charge < -0.3 is 15.6 Å². The molecule has 0 bridgehead atoms. The van der Waals surface area contributed by atoms with Crippen LogP contribution in [0.2, 0.25) is 0 Å². The molecule has 0 aliphatic heterocycles. The second-order valence-corrected chi connectivity index (χ2v) is 4.99. The predicted molar refractivity (Wildman–Crippen MR) is 86.6 cm³/mol. The summed E-state index contributed by atoms with van der Waals surface area (Å²) in [5, 5.41) is 2.81. The Morgan fingerprint density at radius 1 is 1.09 bits per heavy atom. The van der Waals surface area contributed by atoms with E-state index in [1.165, 1.54) is 0 Å². The highest BCUT2D eigenvalue weighted by Crippen LogP contribution is 2.10. The number of nitrogens with one attached hydrogen (secondary N) is 1. The van der Waals surface area contributed by atoms with Gasteiger partial charge in [0, 0.05) is 24.1 Å². The van der Waals surface area contributed by atoms with Gasteiger partial charge in [-0.3, -0.25) is 4.79 Å². The summed E-state index contributed by atoms with van der Waals surface area (Å²) in [7, 11) is 0. The first-order valence-electron chi connectivity index (χ1n) is 6.93. The van der Waals surface area contributed by atoms with Crippen LogP contribution in [0.1, 0.15) is 16.1 Å². The van der Waals surface area contributed by atoms with Crippen LogP contribution in [0.3, 0.4) is 0 Å². The number of nitrogen functional groups attached to an aromatic ring is 1. The number of carbonyl (C=O) groups excluding carboxylic acids is 1. The summed E-state index contributed by atoms with van der Waals surface area (Å²) in [5.74, 6) is -0.220. The first kappa shape index (κ1) is 13.9. The molecule has 3 N–H and O–H groups in total. The molecule has 22 heavy (non-hydrogen) atoms. The van der Waals surface area contributed by atoms with Gasteiger partial charge in [0.25, 0.3) is 5.91 Å². The number of anilines is 2. The molecular formula is C17H16N4O. The number of para-hydroxylation sites is 1. The summed E-state index contributed by atoms with van der Waals surface area (Å²) in [4.78, 5) is 16.3. The number of rotatable bonds is 4. The topological polar surface area (TPSA) is 72.9 Å². The highest BCUT2D eigenvalue weighted by molar-refractivity contribution is 6.02. The molecule has 0 radical (unpaired) electrons. The summed E-state index contributed by atoms with van der Waals surface area (Å²) in [6.07, 6.45) is 3.38. The van der Waals surface area contributed by atoms with E-state index in [4.69, 9.17) is 5.73 Å². The highest BCUT2D eigenvalue weighted by atomic mass is 16.1. The average molecular weight is 292 g/mol. The summed E-state index contributed by atoms with van der Waals surface area (Å²) >= 11 is 0. The van der Waals surface area contributed by atoms with Gasteiger partial charge in [-0.15, -0.1) is 0 Å². The fraction of sp³-hybridized carbons (Fsp3) is 0.0588. The van der Waals surface area contributed by atoms with Gasteiger partial charge in [-0.25, -0.2) is 4.98 Å². The van der Waals surface area contributed by atoms with Crippen LogP contribution in [-0.2, 0) is 6.54 Å². The molecule has 0 saturated carbocycles. The summed E-state index contributed by atoms with van der Waals surface area (Å²) in [6, 6.07) is 16.9. The van der Waals surface area contributed by atoms with Crippen LogP contribution in [-0.4, -0.2) is 15.5 Å². The van der Waals surface area contributed by atoms with Gasteiger partial charge in [-0.2, -0.15) is 0 Å². The van der Waals surface area contributed by atoms with Crippen molar-refractivity contribution in [2.75, 3.05) is 11.1 Å². The number of hydrogen-bond acceptors (Lipinski definition) is 3. The Hall–Kier alpha value is -3.08. The lowest BCUT2D eigenvalue weighted by Crippen LogP contribution is -2.12. The number of imidazole rings is 1. The molecule has 0 aliphatic carbocycles. The fourth-order valence-electron chi connectivity index (χ4n) is 2.11. The second-order valence-electron chi connectivity index (χ2n) is 4.99. The Kier molecular flexibility index (Phi) is 3.87. The SMILES string of the molecule is Nc1ccc(Cn2cnc(C(=O)Nc3ccccc3)c2)cc1. The third-order valence-electron chi connectivity index (χ3n) is 3.24. The van der Waals surface area contributed by atoms with Crippen LogP contribution in [0.25, 0.3) is 0 Å². The van der Waals surface area contributed by atoms with Crippen LogP contribution >= 0.6 is 0 Å². The number of carbonyl (C=O) groups is 1. The average Bonchev–Trinajstić information content (AvgIpc) is 2.99. The van der Waals surface area contributed by atoms with Crippen molar-refractivity contribution in [2.45, 2.75) is 6.54 Å². The maximum absolute atomic E-state index is 12.1. The number of nitrogens with two attached hydrogens (primary N) is 1. The molecule has 3 aromatic rings. The maximum Gasteiger partial charge on any atom is 0.275 e. The molecule has 0 fully saturated rings. The Bertz CT molecular complexity index is 763. The van der Waals surface area contributed by atoms with Crippen molar-refractivity contribution in [3.8, 4) is 0 Å². The van der Waals surface area contributed by atoms with Crippen molar-refractivity contribution in [1.29, 1.82) is 0 Å². The molecule has 0 spiro atoms. The molecule has 0 aliphatic rings. The zero-order chi connectivity index (χ0) is 15.4. The summed E-state index contributed by atoms with van der Waals surface area (Å²) < 4.78 is 1.87. The molecule has 0 saturated heterocycles. The van der Waals surface area contributed by atoms with E-state index < -0.39 is 0 Å². The quantitative estimate of drug-likeness (QED) is 0.726. The lowest BCUT2D eigenvalue weighted by atomic mass is 10.2. The van der Waals surface area contributed by atoms with Gasteiger partial charge in [0.05, 0.1) is 6.33 Å². The van der Waals surface area contributed by atoms with Gasteiger partial charge in [0.1, 0.15) is 5.69 Å². The molecule has 3 rings (SSSR count). The number of nitrogens with zero attached hydrogens (tertiary/aromatic N) is 2. The minimum atomic E-state index is -0.220. The molecule has 1 heterocycles. The summed E-state index contributed by atoms with van der Waals surface area (Å²) in [5.41, 5.74) is 8.64. The van der Waals surface area contributed by atoms with E-state index in [1.54, 1.807) is 12.5 Å². The van der Waals surface area contributed by atoms with E-state index in [9.17, 15) is 4.79 Å². The molecule has 2 aromatic carbocycles. The van der Waals surface area contributed by atoms with Crippen LogP contribution < -0.4 is 11.1 Å². The molecule has 5 heteroatoms. The summed E-state index contributed by atoms with van der Waals surface area (Å²) in [6.45, 7) is 0.645. The predicted octanol–water partition coefficient (Wildman–Crippen LogP) is 2.77. The Labute approximate surface area is 128 Å². The molecule has 5 nitrogen and oxygen atoms in total. The Morgan fingerprint density at radius 2 is 1.82 bits per heavy atom. The van der Waals surface area contributed by atoms with Crippen molar-refractivity contribution >= 4 is 17.3 Å². The highest BCUT2D eigenvalue weighted by Gasteiger charge is 2.09. The second kappa shape index (κ2) is 6.13. The van der Waals surface area contributed by atoms with Gasteiger partial charge in [0.2, 0.25) is 0 Å². The van der Waals surface area contributed by atoms with Crippen molar-refractivity contribution in [3.05, 3.63) is 78.4 Å². The van der Waals surface area contributed by atoms with E-state index in [-0.39, 0.29) is 5.91 Å². The lowest BCUT2D eigenvalue weighted by Gasteiger charge is -2.03. The molecular weight excluding hydrogens is 276 g/mol. The minimum Gasteiger partial charge on any atom is -0.399 e. The van der Waals surface area contributed by atoms with Crippen molar-refractivity contribution in [1.82, 2.24) is 9.55 Å². The number of hydrogen-bond donors (Lipinski definition) is 2. The maximum atomic E-state index is 12.1. The first-order chi connectivity index (χ1) is 10.7. The van der Waals surface area contributed by atoms with E-state index >= 15 is 0 Å². The van der Waals surface area contributed by atoms with Gasteiger partial charge in [-0.1, -0.05) is 30.3 Å². The van der Waals surface area contributed by atoms with Crippen molar-refractivity contribution in [3.63, 3.8) is 0 Å². The number of benzene rings is 2. The number of aromatic nitrogens is 2. The van der Waals surface area contributed by atoms with Crippen LogP contribution in [0.4, 0.5) is 11.4 Å². The van der Waals surface area contributed by atoms with Gasteiger partial charge in [0.15, 0.2) is 0 Å². The van der Waals surface area contributed by atoms with E-state index in [0.29, 0.717) is 12.2 Å². The van der Waals surface area contributed by atoms with E-state index in [1.807, 2.05) is 59.2 Å². The van der Waals surface area contributed by atoms with E-state index in [2.05, 4.69) is 10.3 Å². The smallest absolute Gasteiger partial charge is 0.275 e. The van der Waals surface area contributed by atoms with E-state index in [0.717, 1.165) is 16.9 Å². The zero-order valence-electron chi connectivity index (χ0n) is 11.9. The normalized spacial score (nSPS) is 10.4. The Balaban J connectivity index is 1.68. The monoisotopic (exact) mass is 292 g/mol. The van der Waals surface area contributed by atoms with Crippen LogP contribution in [0.5, 0.6) is 0 Å². The van der Waals surface area contributed by atoms with Crippen molar-refractivity contribution in [2.24, 2.45) is 0 Å². The zero-order valence-corrected chi connectivity index (χ0v) is 11.9. The Morgan fingerprint density at radius 3 is 2.55 bits per heavy atom. The molecule has 110 valence electrons. The lowest BCUT2D eigenvalue weighted by molar-refractivity contribution is 0.102. The third-order valence-corrected chi connectivity index (χ3v) is 3.24. The standard InChI is InChI=1S/C17H16N4O/c18-14-8-6-13(7-9-14)10-21-11-16(19-12-21)17(22)20-15-4-2-1-3-5-15/h1-9,11-12H,10,18H2,(H,20,22). The fourth-order valence-corrected chi connectivity index (χ4v) is 2.11.